The van der Waals surface area contributed by atoms with E-state index in [1.165, 1.54) is 11.0 Å². The fourth-order valence-corrected chi connectivity index (χ4v) is 2.80. The fraction of sp³-hybridized carbons (Fsp3) is 0.556. The average Bonchev–Trinajstić information content (AvgIpc) is 2.59. The van der Waals surface area contributed by atoms with Gasteiger partial charge in [-0.1, -0.05) is 0 Å². The van der Waals surface area contributed by atoms with Crippen LogP contribution in [0.25, 0.3) is 0 Å². The van der Waals surface area contributed by atoms with E-state index in [1.807, 2.05) is 25.7 Å². The first-order chi connectivity index (χ1) is 12.2. The van der Waals surface area contributed by atoms with Gasteiger partial charge in [-0.2, -0.15) is 0 Å². The standard InChI is InChI=1S/C18H27FN4O3/c1-18(2,3)26-17(25)23-8-6-22(7-9-23)15-11-16(21(5)12-24)14(20-4)10-13(15)19/h10-12,20H,6-9H2,1-5H3. The maximum Gasteiger partial charge on any atom is 0.410 e. The highest BCUT2D eigenvalue weighted by Gasteiger charge is 2.27. The predicted molar refractivity (Wildman–Crippen MR) is 100 cm³/mol. The number of benzene rings is 1. The van der Waals surface area contributed by atoms with Crippen molar-refractivity contribution in [1.29, 1.82) is 0 Å². The molecule has 2 amide bonds. The van der Waals surface area contributed by atoms with Crippen LogP contribution in [0.5, 0.6) is 0 Å². The fourth-order valence-electron chi connectivity index (χ4n) is 2.80. The first-order valence-corrected chi connectivity index (χ1v) is 8.58. The van der Waals surface area contributed by atoms with Gasteiger partial charge in [0.1, 0.15) is 11.4 Å². The molecule has 8 heteroatoms. The Kier molecular flexibility index (Phi) is 5.94. The lowest BCUT2D eigenvalue weighted by Crippen LogP contribution is -2.50. The molecule has 1 saturated heterocycles. The van der Waals surface area contributed by atoms with Crippen LogP contribution in [-0.4, -0.2) is 63.3 Å². The number of rotatable bonds is 4. The Morgan fingerprint density at radius 2 is 1.88 bits per heavy atom. The van der Waals surface area contributed by atoms with Crippen LogP contribution in [0.15, 0.2) is 12.1 Å². The summed E-state index contributed by atoms with van der Waals surface area (Å²) in [5.41, 5.74) is 0.996. The van der Waals surface area contributed by atoms with E-state index >= 15 is 0 Å². The Balaban J connectivity index is 2.14. The van der Waals surface area contributed by atoms with E-state index in [-0.39, 0.29) is 11.9 Å². The second kappa shape index (κ2) is 7.80. The van der Waals surface area contributed by atoms with Crippen LogP contribution < -0.4 is 15.1 Å². The summed E-state index contributed by atoms with van der Waals surface area (Å²) in [6.45, 7) is 7.33. The summed E-state index contributed by atoms with van der Waals surface area (Å²) in [7, 11) is 3.29. The Bertz CT molecular complexity index is 667. The van der Waals surface area contributed by atoms with E-state index in [0.717, 1.165) is 0 Å². The van der Waals surface area contributed by atoms with Crippen molar-refractivity contribution in [2.45, 2.75) is 26.4 Å². The second-order valence-electron chi connectivity index (χ2n) is 7.24. The molecule has 0 saturated carbocycles. The molecule has 0 unspecified atom stereocenters. The number of carbonyl (C=O) groups excluding carboxylic acids is 2. The van der Waals surface area contributed by atoms with Gasteiger partial charge in [-0.25, -0.2) is 9.18 Å². The largest absolute Gasteiger partial charge is 0.444 e. The number of nitrogens with zero attached hydrogens (tertiary/aromatic N) is 3. The smallest absolute Gasteiger partial charge is 0.410 e. The molecule has 1 aliphatic heterocycles. The topological polar surface area (TPSA) is 65.1 Å². The molecule has 1 aromatic carbocycles. The maximum absolute atomic E-state index is 14.6. The summed E-state index contributed by atoms with van der Waals surface area (Å²) in [6.07, 6.45) is 0.322. The van der Waals surface area contributed by atoms with Crippen molar-refractivity contribution < 1.29 is 18.7 Å². The van der Waals surface area contributed by atoms with Gasteiger partial charge < -0.3 is 24.8 Å². The van der Waals surface area contributed by atoms with Crippen molar-refractivity contribution in [3.63, 3.8) is 0 Å². The molecular formula is C18H27FN4O3. The molecule has 1 heterocycles. The summed E-state index contributed by atoms with van der Waals surface area (Å²) >= 11 is 0. The normalized spacial score (nSPS) is 14.8. The third-order valence-electron chi connectivity index (χ3n) is 4.14. The lowest BCUT2D eigenvalue weighted by molar-refractivity contribution is -0.107. The number of anilines is 3. The van der Waals surface area contributed by atoms with Gasteiger partial charge in [0.05, 0.1) is 17.1 Å². The minimum Gasteiger partial charge on any atom is -0.444 e. The molecule has 1 aromatic rings. The van der Waals surface area contributed by atoms with Crippen LogP contribution in [0.1, 0.15) is 20.8 Å². The molecule has 1 aliphatic rings. The van der Waals surface area contributed by atoms with E-state index in [0.29, 0.717) is 49.7 Å². The highest BCUT2D eigenvalue weighted by molar-refractivity contribution is 5.85. The third-order valence-corrected chi connectivity index (χ3v) is 4.14. The van der Waals surface area contributed by atoms with Gasteiger partial charge in [-0.15, -0.1) is 0 Å². The molecule has 0 atom stereocenters. The number of hydrogen-bond donors (Lipinski definition) is 1. The van der Waals surface area contributed by atoms with Gasteiger partial charge in [0, 0.05) is 46.3 Å². The monoisotopic (exact) mass is 366 g/mol. The molecule has 1 N–H and O–H groups in total. The zero-order chi connectivity index (χ0) is 19.5. The van der Waals surface area contributed by atoms with Crippen LogP contribution in [0, 0.1) is 5.82 Å². The molecule has 0 radical (unpaired) electrons. The molecule has 144 valence electrons. The molecule has 2 rings (SSSR count). The third kappa shape index (κ3) is 4.56. The van der Waals surface area contributed by atoms with Crippen molar-refractivity contribution in [2.24, 2.45) is 0 Å². The van der Waals surface area contributed by atoms with Crippen LogP contribution in [0.3, 0.4) is 0 Å². The van der Waals surface area contributed by atoms with Crippen molar-refractivity contribution in [3.05, 3.63) is 17.9 Å². The van der Waals surface area contributed by atoms with Gasteiger partial charge in [0.2, 0.25) is 6.41 Å². The van der Waals surface area contributed by atoms with E-state index < -0.39 is 5.60 Å². The number of piperazine rings is 1. The molecule has 7 nitrogen and oxygen atoms in total. The number of amides is 2. The van der Waals surface area contributed by atoms with Gasteiger partial charge >= 0.3 is 6.09 Å². The minimum atomic E-state index is -0.544. The summed E-state index contributed by atoms with van der Waals surface area (Å²) in [5.74, 6) is -0.372. The number of nitrogens with one attached hydrogen (secondary N) is 1. The molecule has 0 spiro atoms. The van der Waals surface area contributed by atoms with Crippen LogP contribution in [-0.2, 0) is 9.53 Å². The highest BCUT2D eigenvalue weighted by atomic mass is 19.1. The first-order valence-electron chi connectivity index (χ1n) is 8.58. The lowest BCUT2D eigenvalue weighted by atomic mass is 10.1. The Hall–Kier alpha value is -2.51. The number of ether oxygens (including phenoxy) is 1. The van der Waals surface area contributed by atoms with Crippen molar-refractivity contribution in [3.8, 4) is 0 Å². The average molecular weight is 366 g/mol. The van der Waals surface area contributed by atoms with Gasteiger partial charge in [0.15, 0.2) is 0 Å². The number of halogens is 1. The Morgan fingerprint density at radius 1 is 1.27 bits per heavy atom. The number of hydrogen-bond acceptors (Lipinski definition) is 5. The Labute approximate surface area is 153 Å². The second-order valence-corrected chi connectivity index (χ2v) is 7.24. The van der Waals surface area contributed by atoms with Crippen molar-refractivity contribution in [1.82, 2.24) is 4.90 Å². The SMILES string of the molecule is CNc1cc(F)c(N2CCN(C(=O)OC(C)(C)C)CC2)cc1N(C)C=O. The molecule has 26 heavy (non-hydrogen) atoms. The van der Waals surface area contributed by atoms with Gasteiger partial charge in [-0.3, -0.25) is 4.79 Å². The zero-order valence-electron chi connectivity index (χ0n) is 16.0. The first kappa shape index (κ1) is 19.8. The summed E-state index contributed by atoms with van der Waals surface area (Å²) in [6, 6.07) is 3.03. The predicted octanol–water partition coefficient (Wildman–Crippen LogP) is 2.52. The van der Waals surface area contributed by atoms with E-state index in [2.05, 4.69) is 5.32 Å². The van der Waals surface area contributed by atoms with E-state index in [1.54, 1.807) is 25.1 Å². The van der Waals surface area contributed by atoms with Crippen molar-refractivity contribution in [2.75, 3.05) is 55.4 Å². The number of carbonyl (C=O) groups is 2. The quantitative estimate of drug-likeness (QED) is 0.830. The molecule has 0 aromatic heterocycles. The maximum atomic E-state index is 14.6. The van der Waals surface area contributed by atoms with E-state index in [9.17, 15) is 14.0 Å². The summed E-state index contributed by atoms with van der Waals surface area (Å²) < 4.78 is 19.9. The lowest BCUT2D eigenvalue weighted by Gasteiger charge is -2.37. The van der Waals surface area contributed by atoms with Crippen LogP contribution in [0.2, 0.25) is 0 Å². The van der Waals surface area contributed by atoms with Gasteiger partial charge in [-0.05, 0) is 26.8 Å². The van der Waals surface area contributed by atoms with Gasteiger partial charge in [0.25, 0.3) is 0 Å². The molecule has 1 fully saturated rings. The zero-order valence-corrected chi connectivity index (χ0v) is 16.0. The van der Waals surface area contributed by atoms with Crippen LogP contribution >= 0.6 is 0 Å². The molecular weight excluding hydrogens is 339 g/mol. The van der Waals surface area contributed by atoms with Crippen molar-refractivity contribution >= 4 is 29.6 Å². The highest BCUT2D eigenvalue weighted by Crippen LogP contribution is 2.33. The minimum absolute atomic E-state index is 0.357. The summed E-state index contributed by atoms with van der Waals surface area (Å²) in [4.78, 5) is 28.2. The van der Waals surface area contributed by atoms with Crippen LogP contribution in [0.4, 0.5) is 26.2 Å². The Morgan fingerprint density at radius 3 is 2.38 bits per heavy atom. The molecule has 0 aliphatic carbocycles. The van der Waals surface area contributed by atoms with E-state index in [4.69, 9.17) is 4.74 Å². The molecule has 0 bridgehead atoms. The summed E-state index contributed by atoms with van der Waals surface area (Å²) in [5, 5.41) is 2.90.